The molecule has 14 heteroatoms. The van der Waals surface area contributed by atoms with Crippen LogP contribution in [0.15, 0.2) is 82.6 Å². The molecule has 11 nitrogen and oxygen atoms in total. The number of hydrogen-bond donors (Lipinski definition) is 3. The largest absolute Gasteiger partial charge is 0.448 e. The Kier molecular flexibility index (Phi) is 8.78. The number of carbonyl (C=O) groups is 3. The maximum absolute atomic E-state index is 14.1. The molecule has 44 heavy (non-hydrogen) atoms. The average molecular weight is 644 g/mol. The first kappa shape index (κ1) is 29.6. The molecule has 0 spiro atoms. The molecule has 222 valence electrons. The number of terminal acetylenes is 1. The van der Waals surface area contributed by atoms with Gasteiger partial charge in [0.1, 0.15) is 22.9 Å². The molecule has 2 amide bonds. The highest BCUT2D eigenvalue weighted by atomic mass is 32.2. The molecule has 0 bridgehead atoms. The van der Waals surface area contributed by atoms with Crippen molar-refractivity contribution in [2.45, 2.75) is 22.7 Å². The number of benzene rings is 2. The maximum atomic E-state index is 14.1. The van der Waals surface area contributed by atoms with E-state index >= 15 is 0 Å². The summed E-state index contributed by atoms with van der Waals surface area (Å²) in [5.41, 5.74) is 8.21. The van der Waals surface area contributed by atoms with Crippen LogP contribution in [0.2, 0.25) is 0 Å². The summed E-state index contributed by atoms with van der Waals surface area (Å²) < 4.78 is 6.19. The monoisotopic (exact) mass is 643 g/mol. The Bertz CT molecular complexity index is 1750. The zero-order valence-electron chi connectivity index (χ0n) is 23.0. The van der Waals surface area contributed by atoms with E-state index in [9.17, 15) is 14.4 Å². The first-order valence-corrected chi connectivity index (χ1v) is 16.4. The molecule has 4 aromatic rings. The number of β-lactam (4-membered cyclic amide) rings is 1. The molecular weight excluding hydrogens is 619 g/mol. The van der Waals surface area contributed by atoms with Gasteiger partial charge in [-0.25, -0.2) is 14.8 Å². The second kappa shape index (κ2) is 13.0. The van der Waals surface area contributed by atoms with Crippen LogP contribution in [0.3, 0.4) is 0 Å². The van der Waals surface area contributed by atoms with Crippen molar-refractivity contribution in [1.82, 2.24) is 30.4 Å². The van der Waals surface area contributed by atoms with Crippen LogP contribution < -0.4 is 11.1 Å². The van der Waals surface area contributed by atoms with Crippen LogP contribution >= 0.6 is 35.3 Å². The summed E-state index contributed by atoms with van der Waals surface area (Å²) in [4.78, 5) is 51.0. The highest BCUT2D eigenvalue weighted by molar-refractivity contribution is 8.06. The molecule has 0 saturated carbocycles. The zero-order valence-corrected chi connectivity index (χ0v) is 25.5. The van der Waals surface area contributed by atoms with Gasteiger partial charge in [0.05, 0.1) is 23.1 Å². The van der Waals surface area contributed by atoms with Gasteiger partial charge in [-0.15, -0.1) is 29.9 Å². The van der Waals surface area contributed by atoms with Gasteiger partial charge in [-0.1, -0.05) is 78.3 Å². The number of rotatable bonds is 10. The van der Waals surface area contributed by atoms with Gasteiger partial charge in [-0.2, -0.15) is 5.10 Å². The Morgan fingerprint density at radius 3 is 2.55 bits per heavy atom. The summed E-state index contributed by atoms with van der Waals surface area (Å²) in [7, 11) is 0. The summed E-state index contributed by atoms with van der Waals surface area (Å²) in [6, 6.07) is 18.0. The van der Waals surface area contributed by atoms with Crippen LogP contribution in [0.4, 0.5) is 5.82 Å². The van der Waals surface area contributed by atoms with Gasteiger partial charge in [-0.3, -0.25) is 19.6 Å². The lowest BCUT2D eigenvalue weighted by Gasteiger charge is -2.49. The Labute approximate surface area is 265 Å². The highest BCUT2D eigenvalue weighted by Crippen LogP contribution is 2.46. The number of esters is 1. The highest BCUT2D eigenvalue weighted by Gasteiger charge is 2.55. The number of amides is 2. The number of thioether (sulfide) groups is 3. The van der Waals surface area contributed by atoms with Crippen LogP contribution in [0, 0.1) is 12.3 Å². The SMILES string of the molecule is C#CCSCC(=O)NC1C(=O)N2C(C(=O)OC(c3ccccc3)c3ccccc3)=C(Sc3nc(N)c4cn[nH]c4n3)CS[C@H]12. The number of nitrogens with one attached hydrogen (secondary N) is 2. The lowest BCUT2D eigenvalue weighted by Crippen LogP contribution is -2.70. The fraction of sp³-hybridized carbons (Fsp3) is 0.200. The molecule has 0 radical (unpaired) electrons. The predicted octanol–water partition coefficient (Wildman–Crippen LogP) is 3.34. The standard InChI is InChI=1S/C30H25N7O4S3/c1-2-13-42-16-21(38)33-22-27(39)37-23(29(40)41-24(17-9-5-3-6-10-17)18-11-7-4-8-12-18)20(15-43-28(22)37)44-30-34-25(31)19-14-32-36-26(19)35-30/h1,3-12,14,22,24,28H,13,15-16H2,(H,33,38)(H3,31,32,34,35,36)/t22?,28-/m1/s1. The van der Waals surface area contributed by atoms with Crippen molar-refractivity contribution < 1.29 is 19.1 Å². The number of carbonyl (C=O) groups excluding carboxylic acids is 3. The Morgan fingerprint density at radius 1 is 1.16 bits per heavy atom. The van der Waals surface area contributed by atoms with E-state index in [0.717, 1.165) is 22.9 Å². The first-order valence-electron chi connectivity index (χ1n) is 13.4. The number of anilines is 1. The second-order valence-electron chi connectivity index (χ2n) is 9.66. The van der Waals surface area contributed by atoms with Crippen LogP contribution in [-0.4, -0.2) is 71.5 Å². The van der Waals surface area contributed by atoms with E-state index in [1.165, 1.54) is 34.6 Å². The minimum absolute atomic E-state index is 0.0831. The quantitative estimate of drug-likeness (QED) is 0.0766. The van der Waals surface area contributed by atoms with Gasteiger partial charge in [-0.05, 0) is 11.1 Å². The number of aromatic amines is 1. The summed E-state index contributed by atoms with van der Waals surface area (Å²) >= 11 is 3.83. The fourth-order valence-corrected chi connectivity index (χ4v) is 7.72. The van der Waals surface area contributed by atoms with Gasteiger partial charge < -0.3 is 15.8 Å². The third-order valence-corrected chi connectivity index (χ3v) is 10.1. The Morgan fingerprint density at radius 2 is 1.86 bits per heavy atom. The van der Waals surface area contributed by atoms with Crippen LogP contribution in [0.5, 0.6) is 0 Å². The van der Waals surface area contributed by atoms with Crippen molar-refractivity contribution in [3.63, 3.8) is 0 Å². The van der Waals surface area contributed by atoms with E-state index in [-0.39, 0.29) is 28.3 Å². The fourth-order valence-electron chi connectivity index (χ4n) is 4.82. The molecule has 1 saturated heterocycles. The van der Waals surface area contributed by atoms with Gasteiger partial charge in [0.15, 0.2) is 16.9 Å². The molecule has 2 aliphatic rings. The van der Waals surface area contributed by atoms with E-state index in [2.05, 4.69) is 31.4 Å². The van der Waals surface area contributed by atoms with Gasteiger partial charge in [0.2, 0.25) is 5.91 Å². The summed E-state index contributed by atoms with van der Waals surface area (Å²) in [6.07, 6.45) is 6.08. The van der Waals surface area contributed by atoms with Crippen molar-refractivity contribution in [1.29, 1.82) is 0 Å². The van der Waals surface area contributed by atoms with E-state index < -0.39 is 29.4 Å². The smallest absolute Gasteiger partial charge is 0.356 e. The Hall–Kier alpha value is -4.45. The lowest BCUT2D eigenvalue weighted by atomic mass is 10.0. The molecule has 2 aromatic heterocycles. The van der Waals surface area contributed by atoms with Crippen molar-refractivity contribution in [3.05, 3.63) is 88.6 Å². The number of ether oxygens (including phenoxy) is 1. The van der Waals surface area contributed by atoms with Crippen molar-refractivity contribution in [3.8, 4) is 12.3 Å². The van der Waals surface area contributed by atoms with Crippen LogP contribution in [-0.2, 0) is 19.1 Å². The van der Waals surface area contributed by atoms with Crippen LogP contribution in [0.1, 0.15) is 17.2 Å². The number of H-pyrrole nitrogens is 1. The normalized spacial score (nSPS) is 17.6. The minimum atomic E-state index is -0.791. The molecule has 1 fully saturated rings. The second-order valence-corrected chi connectivity index (χ2v) is 12.8. The van der Waals surface area contributed by atoms with Crippen molar-refractivity contribution in [2.24, 2.45) is 0 Å². The molecule has 2 aromatic carbocycles. The van der Waals surface area contributed by atoms with Crippen LogP contribution in [0.25, 0.3) is 11.0 Å². The molecule has 6 rings (SSSR count). The zero-order chi connectivity index (χ0) is 30.6. The molecule has 2 atom stereocenters. The summed E-state index contributed by atoms with van der Waals surface area (Å²) in [5, 5.41) is 9.91. The molecule has 2 aliphatic heterocycles. The lowest BCUT2D eigenvalue weighted by molar-refractivity contribution is -0.154. The third-order valence-electron chi connectivity index (χ3n) is 6.82. The first-order chi connectivity index (χ1) is 21.4. The number of nitrogen functional groups attached to an aromatic ring is 1. The van der Waals surface area contributed by atoms with Crippen molar-refractivity contribution >= 4 is 69.9 Å². The van der Waals surface area contributed by atoms with E-state index in [1.54, 1.807) is 0 Å². The predicted molar refractivity (Wildman–Crippen MR) is 171 cm³/mol. The van der Waals surface area contributed by atoms with Gasteiger partial charge in [0.25, 0.3) is 5.91 Å². The van der Waals surface area contributed by atoms with E-state index in [4.69, 9.17) is 16.9 Å². The number of nitrogens with two attached hydrogens (primary N) is 1. The minimum Gasteiger partial charge on any atom is -0.448 e. The van der Waals surface area contributed by atoms with E-state index in [1.807, 2.05) is 60.7 Å². The van der Waals surface area contributed by atoms with Gasteiger partial charge in [0, 0.05) is 10.7 Å². The van der Waals surface area contributed by atoms with Gasteiger partial charge >= 0.3 is 5.97 Å². The molecule has 4 heterocycles. The Balaban J connectivity index is 1.33. The number of fused-ring (bicyclic) bond motifs is 2. The molecule has 0 aliphatic carbocycles. The maximum Gasteiger partial charge on any atom is 0.356 e. The summed E-state index contributed by atoms with van der Waals surface area (Å²) in [6.45, 7) is 0. The number of nitrogens with zero attached hydrogens (tertiary/aromatic N) is 4. The number of aromatic nitrogens is 4. The van der Waals surface area contributed by atoms with E-state index in [0.29, 0.717) is 27.4 Å². The van der Waals surface area contributed by atoms with Crippen molar-refractivity contribution in [2.75, 3.05) is 23.0 Å². The molecule has 1 unspecified atom stereocenters. The summed E-state index contributed by atoms with van der Waals surface area (Å²) in [5.74, 6) is 2.15. The molecule has 4 N–H and O–H groups in total. The third kappa shape index (κ3) is 5.99. The number of hydrogen-bond acceptors (Lipinski definition) is 11. The topological polar surface area (TPSA) is 156 Å². The molecular formula is C30H25N7O4S3. The average Bonchev–Trinajstić information content (AvgIpc) is 3.52.